The molecule has 3 rings (SSSR count). The van der Waals surface area contributed by atoms with Crippen LogP contribution in [0.2, 0.25) is 10.0 Å². The van der Waals surface area contributed by atoms with Gasteiger partial charge in [0.2, 0.25) is 0 Å². The number of benzene rings is 1. The van der Waals surface area contributed by atoms with Gasteiger partial charge in [-0.05, 0) is 36.2 Å². The molecule has 0 atom stereocenters. The van der Waals surface area contributed by atoms with E-state index in [0.29, 0.717) is 27.1 Å². The standard InChI is InChI=1S/C19H17Cl2N3O4/c1-3-28-19(26)18(25)24-10-11-6-12(27-2)4-5-13(11)17(23-24)7-14-15(20)8-22-9-16(14)21/h4-6,8-9H,3,7,10H2,1-2H3. The minimum Gasteiger partial charge on any atom is -0.497 e. The van der Waals surface area contributed by atoms with Crippen molar-refractivity contribution in [3.63, 3.8) is 0 Å². The number of halogens is 2. The predicted molar refractivity (Wildman–Crippen MR) is 105 cm³/mol. The summed E-state index contributed by atoms with van der Waals surface area (Å²) in [5, 5.41) is 6.24. The number of pyridine rings is 1. The highest BCUT2D eigenvalue weighted by Gasteiger charge is 2.29. The largest absolute Gasteiger partial charge is 0.497 e. The number of carbonyl (C=O) groups is 2. The summed E-state index contributed by atoms with van der Waals surface area (Å²) in [6.07, 6.45) is 3.23. The highest BCUT2D eigenvalue weighted by molar-refractivity contribution is 6.36. The Morgan fingerprint density at radius 1 is 1.21 bits per heavy atom. The van der Waals surface area contributed by atoms with Crippen LogP contribution in [0.15, 0.2) is 35.7 Å². The van der Waals surface area contributed by atoms with Gasteiger partial charge in [0.1, 0.15) is 5.75 Å². The molecule has 146 valence electrons. The lowest BCUT2D eigenvalue weighted by Gasteiger charge is -2.26. The van der Waals surface area contributed by atoms with E-state index in [1.165, 1.54) is 12.4 Å². The van der Waals surface area contributed by atoms with E-state index in [-0.39, 0.29) is 19.6 Å². The van der Waals surface area contributed by atoms with Crippen LogP contribution < -0.4 is 4.74 Å². The fourth-order valence-corrected chi connectivity index (χ4v) is 3.32. The highest BCUT2D eigenvalue weighted by atomic mass is 35.5. The first-order valence-electron chi connectivity index (χ1n) is 8.45. The number of esters is 1. The third-order valence-electron chi connectivity index (χ3n) is 4.17. The Labute approximate surface area is 171 Å². The van der Waals surface area contributed by atoms with E-state index in [0.717, 1.165) is 16.1 Å². The average Bonchev–Trinajstić information content (AvgIpc) is 2.69. The van der Waals surface area contributed by atoms with Crippen molar-refractivity contribution in [2.75, 3.05) is 13.7 Å². The van der Waals surface area contributed by atoms with E-state index in [4.69, 9.17) is 32.7 Å². The first-order chi connectivity index (χ1) is 13.4. The SMILES string of the molecule is CCOC(=O)C(=O)N1Cc2cc(OC)ccc2C(Cc2c(Cl)cncc2Cl)=N1. The zero-order chi connectivity index (χ0) is 20.3. The summed E-state index contributed by atoms with van der Waals surface area (Å²) in [6, 6.07) is 5.44. The molecule has 0 aliphatic carbocycles. The number of hydrogen-bond acceptors (Lipinski definition) is 6. The summed E-state index contributed by atoms with van der Waals surface area (Å²) >= 11 is 12.5. The molecule has 1 aliphatic heterocycles. The van der Waals surface area contributed by atoms with Crippen LogP contribution in [-0.4, -0.2) is 41.3 Å². The van der Waals surface area contributed by atoms with Crippen LogP contribution in [0.1, 0.15) is 23.6 Å². The third-order valence-corrected chi connectivity index (χ3v) is 4.82. The number of amides is 1. The maximum Gasteiger partial charge on any atom is 0.398 e. The zero-order valence-corrected chi connectivity index (χ0v) is 16.8. The number of nitrogens with zero attached hydrogens (tertiary/aromatic N) is 3. The van der Waals surface area contributed by atoms with Gasteiger partial charge in [0.15, 0.2) is 0 Å². The molecule has 0 spiro atoms. The van der Waals surface area contributed by atoms with E-state index in [9.17, 15) is 9.59 Å². The lowest BCUT2D eigenvalue weighted by molar-refractivity contribution is -0.160. The fraction of sp³-hybridized carbons (Fsp3) is 0.263. The number of ether oxygens (including phenoxy) is 2. The number of fused-ring (bicyclic) bond motifs is 1. The summed E-state index contributed by atoms with van der Waals surface area (Å²) in [5.74, 6) is -1.18. The van der Waals surface area contributed by atoms with E-state index in [1.54, 1.807) is 26.2 Å². The minimum absolute atomic E-state index is 0.0988. The van der Waals surface area contributed by atoms with E-state index < -0.39 is 11.9 Å². The first kappa shape index (κ1) is 20.1. The maximum atomic E-state index is 12.4. The Kier molecular flexibility index (Phi) is 6.16. The van der Waals surface area contributed by atoms with Crippen LogP contribution >= 0.6 is 23.2 Å². The van der Waals surface area contributed by atoms with Gasteiger partial charge >= 0.3 is 11.9 Å². The lowest BCUT2D eigenvalue weighted by Crippen LogP contribution is -2.37. The first-order valence-corrected chi connectivity index (χ1v) is 9.21. The summed E-state index contributed by atoms with van der Waals surface area (Å²) in [7, 11) is 1.55. The number of aromatic nitrogens is 1. The number of hydrogen-bond donors (Lipinski definition) is 0. The zero-order valence-electron chi connectivity index (χ0n) is 15.2. The molecule has 0 saturated carbocycles. The van der Waals surface area contributed by atoms with Crippen LogP contribution in [0.4, 0.5) is 0 Å². The molecule has 0 bridgehead atoms. The Morgan fingerprint density at radius 2 is 1.93 bits per heavy atom. The van der Waals surface area contributed by atoms with Gasteiger partial charge in [-0.15, -0.1) is 0 Å². The molecule has 1 aromatic carbocycles. The molecule has 7 nitrogen and oxygen atoms in total. The van der Waals surface area contributed by atoms with Crippen molar-refractivity contribution < 1.29 is 19.1 Å². The normalized spacial score (nSPS) is 12.9. The van der Waals surface area contributed by atoms with Gasteiger partial charge in [-0.25, -0.2) is 9.80 Å². The van der Waals surface area contributed by atoms with Gasteiger partial charge in [-0.3, -0.25) is 9.78 Å². The lowest BCUT2D eigenvalue weighted by atomic mass is 9.96. The van der Waals surface area contributed by atoms with Gasteiger partial charge in [-0.1, -0.05) is 23.2 Å². The van der Waals surface area contributed by atoms with Gasteiger partial charge in [0, 0.05) is 24.4 Å². The molecule has 1 aromatic heterocycles. The van der Waals surface area contributed by atoms with Crippen LogP contribution in [0, 0.1) is 0 Å². The summed E-state index contributed by atoms with van der Waals surface area (Å²) < 4.78 is 10.1. The average molecular weight is 422 g/mol. The van der Waals surface area contributed by atoms with E-state index in [2.05, 4.69) is 10.1 Å². The second-order valence-corrected chi connectivity index (χ2v) is 6.73. The summed E-state index contributed by atoms with van der Waals surface area (Å²) in [5.41, 5.74) is 2.77. The smallest absolute Gasteiger partial charge is 0.398 e. The number of methoxy groups -OCH3 is 1. The molecule has 28 heavy (non-hydrogen) atoms. The Morgan fingerprint density at radius 3 is 2.57 bits per heavy atom. The molecular formula is C19H17Cl2N3O4. The number of hydrazone groups is 1. The van der Waals surface area contributed by atoms with Crippen molar-refractivity contribution in [2.24, 2.45) is 5.10 Å². The molecule has 0 fully saturated rings. The van der Waals surface area contributed by atoms with Crippen LogP contribution in [0.3, 0.4) is 0 Å². The van der Waals surface area contributed by atoms with Crippen LogP contribution in [-0.2, 0) is 27.3 Å². The molecule has 0 radical (unpaired) electrons. The van der Waals surface area contributed by atoms with Crippen molar-refractivity contribution in [2.45, 2.75) is 19.9 Å². The molecule has 0 unspecified atom stereocenters. The van der Waals surface area contributed by atoms with Crippen molar-refractivity contribution >= 4 is 40.8 Å². The van der Waals surface area contributed by atoms with Gasteiger partial charge < -0.3 is 9.47 Å². The van der Waals surface area contributed by atoms with Crippen molar-refractivity contribution in [1.82, 2.24) is 9.99 Å². The van der Waals surface area contributed by atoms with Crippen molar-refractivity contribution in [3.8, 4) is 5.75 Å². The van der Waals surface area contributed by atoms with Crippen molar-refractivity contribution in [3.05, 3.63) is 57.3 Å². The molecular weight excluding hydrogens is 405 g/mol. The monoisotopic (exact) mass is 421 g/mol. The molecule has 1 aliphatic rings. The topological polar surface area (TPSA) is 81.1 Å². The second kappa shape index (κ2) is 8.58. The van der Waals surface area contributed by atoms with Crippen LogP contribution in [0.25, 0.3) is 0 Å². The maximum absolute atomic E-state index is 12.4. The minimum atomic E-state index is -0.961. The quantitative estimate of drug-likeness (QED) is 0.558. The molecule has 2 heterocycles. The van der Waals surface area contributed by atoms with Gasteiger partial charge in [-0.2, -0.15) is 5.10 Å². The van der Waals surface area contributed by atoms with Crippen LogP contribution in [0.5, 0.6) is 5.75 Å². The molecule has 1 amide bonds. The van der Waals surface area contributed by atoms with Crippen molar-refractivity contribution in [1.29, 1.82) is 0 Å². The molecule has 2 aromatic rings. The Bertz CT molecular complexity index is 942. The number of rotatable bonds is 4. The van der Waals surface area contributed by atoms with Gasteiger partial charge in [0.05, 0.1) is 36.0 Å². The number of carbonyl (C=O) groups excluding carboxylic acids is 2. The molecule has 0 saturated heterocycles. The Hall–Kier alpha value is -2.64. The van der Waals surface area contributed by atoms with E-state index in [1.807, 2.05) is 6.07 Å². The fourth-order valence-electron chi connectivity index (χ4n) is 2.83. The molecule has 9 heteroatoms. The predicted octanol–water partition coefficient (Wildman–Crippen LogP) is 3.25. The highest BCUT2D eigenvalue weighted by Crippen LogP contribution is 2.29. The summed E-state index contributed by atoms with van der Waals surface area (Å²) in [4.78, 5) is 28.3. The molecule has 0 N–H and O–H groups in total. The Balaban J connectivity index is 2.03. The van der Waals surface area contributed by atoms with E-state index >= 15 is 0 Å². The second-order valence-electron chi connectivity index (χ2n) is 5.91. The third kappa shape index (κ3) is 4.10. The van der Waals surface area contributed by atoms with Gasteiger partial charge in [0.25, 0.3) is 0 Å². The summed E-state index contributed by atoms with van der Waals surface area (Å²) in [6.45, 7) is 1.84.